The number of hydrogen-bond donors (Lipinski definition) is 2. The maximum Gasteiger partial charge on any atom is 0.173 e. The van der Waals surface area contributed by atoms with Crippen LogP contribution in [0.3, 0.4) is 0 Å². The van der Waals surface area contributed by atoms with Crippen molar-refractivity contribution in [1.29, 1.82) is 0 Å². The van der Waals surface area contributed by atoms with Crippen LogP contribution in [0.25, 0.3) is 0 Å². The number of nitrogens with two attached hydrogens (primary N) is 1. The lowest BCUT2D eigenvalue weighted by Crippen LogP contribution is -2.17. The monoisotopic (exact) mass is 324 g/mol. The fourth-order valence-electron chi connectivity index (χ4n) is 2.46. The molecule has 0 saturated heterocycles. The highest BCUT2D eigenvalue weighted by Gasteiger charge is 2.29. The third-order valence-electron chi connectivity index (χ3n) is 3.54. The SMILES string of the molecule is N/C(=N\O)c1cccc(C2Cc3cc(Cl)c(F)cc3O2)c1F. The maximum absolute atomic E-state index is 14.5. The summed E-state index contributed by atoms with van der Waals surface area (Å²) in [6, 6.07) is 7.16. The van der Waals surface area contributed by atoms with Gasteiger partial charge < -0.3 is 15.7 Å². The van der Waals surface area contributed by atoms with E-state index < -0.39 is 17.7 Å². The van der Waals surface area contributed by atoms with Crippen LogP contribution in [0.2, 0.25) is 5.02 Å². The molecule has 0 radical (unpaired) electrons. The number of halogens is 3. The summed E-state index contributed by atoms with van der Waals surface area (Å²) in [6.45, 7) is 0. The predicted molar refractivity (Wildman–Crippen MR) is 77.4 cm³/mol. The molecule has 0 fully saturated rings. The molecule has 2 aromatic rings. The molecule has 0 bridgehead atoms. The Balaban J connectivity index is 1.98. The average Bonchev–Trinajstić information content (AvgIpc) is 2.89. The van der Waals surface area contributed by atoms with E-state index in [0.29, 0.717) is 17.7 Å². The van der Waals surface area contributed by atoms with Crippen molar-refractivity contribution in [3.8, 4) is 5.75 Å². The molecule has 4 nitrogen and oxygen atoms in total. The molecular weight excluding hydrogens is 314 g/mol. The Kier molecular flexibility index (Phi) is 3.62. The van der Waals surface area contributed by atoms with Crippen LogP contribution in [0.5, 0.6) is 5.75 Å². The smallest absolute Gasteiger partial charge is 0.173 e. The summed E-state index contributed by atoms with van der Waals surface area (Å²) >= 11 is 5.74. The molecule has 0 spiro atoms. The number of oxime groups is 1. The summed E-state index contributed by atoms with van der Waals surface area (Å²) in [5.41, 5.74) is 6.36. The van der Waals surface area contributed by atoms with E-state index in [-0.39, 0.29) is 22.0 Å². The number of ether oxygens (including phenoxy) is 1. The van der Waals surface area contributed by atoms with Crippen LogP contribution in [-0.4, -0.2) is 11.0 Å². The normalized spacial score (nSPS) is 17.2. The fraction of sp³-hybridized carbons (Fsp3) is 0.133. The third-order valence-corrected chi connectivity index (χ3v) is 3.83. The van der Waals surface area contributed by atoms with E-state index in [0.717, 1.165) is 0 Å². The standard InChI is InChI=1S/C15H11ClF2N2O2/c16-10-4-7-5-13(22-12(7)6-11(10)17)8-2-1-3-9(14(8)18)15(19)20-21/h1-4,6,13,21H,5H2,(H2,19,20). The highest BCUT2D eigenvalue weighted by Crippen LogP contribution is 2.40. The highest BCUT2D eigenvalue weighted by molar-refractivity contribution is 6.30. The van der Waals surface area contributed by atoms with E-state index in [4.69, 9.17) is 27.3 Å². The van der Waals surface area contributed by atoms with Crippen LogP contribution in [0.1, 0.15) is 22.8 Å². The van der Waals surface area contributed by atoms with Gasteiger partial charge in [0.25, 0.3) is 0 Å². The second-order valence-corrected chi connectivity index (χ2v) is 5.29. The van der Waals surface area contributed by atoms with Gasteiger partial charge in [-0.25, -0.2) is 8.78 Å². The van der Waals surface area contributed by atoms with Crippen molar-refractivity contribution in [3.05, 3.63) is 63.7 Å². The van der Waals surface area contributed by atoms with Gasteiger partial charge in [0.1, 0.15) is 23.5 Å². The quantitative estimate of drug-likeness (QED) is 0.385. The molecule has 2 aromatic carbocycles. The summed E-state index contributed by atoms with van der Waals surface area (Å²) < 4.78 is 33.5. The second-order valence-electron chi connectivity index (χ2n) is 4.88. The van der Waals surface area contributed by atoms with Gasteiger partial charge in [-0.2, -0.15) is 0 Å². The Labute approximate surface area is 129 Å². The van der Waals surface area contributed by atoms with Gasteiger partial charge in [-0.1, -0.05) is 28.9 Å². The first-order valence-corrected chi connectivity index (χ1v) is 6.80. The first-order valence-electron chi connectivity index (χ1n) is 6.42. The molecule has 1 aliphatic rings. The van der Waals surface area contributed by atoms with Gasteiger partial charge in [0.2, 0.25) is 0 Å². The van der Waals surface area contributed by atoms with E-state index in [2.05, 4.69) is 5.16 Å². The lowest BCUT2D eigenvalue weighted by molar-refractivity contribution is 0.232. The number of fused-ring (bicyclic) bond motifs is 1. The van der Waals surface area contributed by atoms with Crippen molar-refractivity contribution < 1.29 is 18.7 Å². The fourth-order valence-corrected chi connectivity index (χ4v) is 2.64. The van der Waals surface area contributed by atoms with Crippen molar-refractivity contribution in [1.82, 2.24) is 0 Å². The van der Waals surface area contributed by atoms with E-state index in [1.54, 1.807) is 6.07 Å². The van der Waals surface area contributed by atoms with Crippen molar-refractivity contribution in [2.45, 2.75) is 12.5 Å². The van der Waals surface area contributed by atoms with Crippen molar-refractivity contribution >= 4 is 17.4 Å². The van der Waals surface area contributed by atoms with Gasteiger partial charge in [0.15, 0.2) is 5.84 Å². The summed E-state index contributed by atoms with van der Waals surface area (Å²) in [7, 11) is 0. The molecule has 0 saturated carbocycles. The van der Waals surface area contributed by atoms with Gasteiger partial charge in [-0.15, -0.1) is 0 Å². The van der Waals surface area contributed by atoms with Crippen molar-refractivity contribution in [3.63, 3.8) is 0 Å². The lowest BCUT2D eigenvalue weighted by Gasteiger charge is -2.13. The largest absolute Gasteiger partial charge is 0.485 e. The van der Waals surface area contributed by atoms with Gasteiger partial charge in [0.05, 0.1) is 10.6 Å². The summed E-state index contributed by atoms with van der Waals surface area (Å²) in [4.78, 5) is 0. The van der Waals surface area contributed by atoms with Crippen LogP contribution in [0.15, 0.2) is 35.5 Å². The molecule has 0 aliphatic carbocycles. The van der Waals surface area contributed by atoms with E-state index >= 15 is 0 Å². The molecule has 114 valence electrons. The number of amidine groups is 1. The molecule has 1 heterocycles. The number of benzene rings is 2. The first kappa shape index (κ1) is 14.6. The molecule has 7 heteroatoms. The summed E-state index contributed by atoms with van der Waals surface area (Å²) in [5, 5.41) is 11.5. The topological polar surface area (TPSA) is 67.8 Å². The molecular formula is C15H11ClF2N2O2. The average molecular weight is 325 g/mol. The molecule has 1 atom stereocenters. The van der Waals surface area contributed by atoms with Crippen molar-refractivity contribution in [2.75, 3.05) is 0 Å². The predicted octanol–water partition coefficient (Wildman–Crippen LogP) is 3.39. The number of hydrogen-bond acceptors (Lipinski definition) is 3. The Bertz CT molecular complexity index is 749. The molecule has 0 aromatic heterocycles. The Hall–Kier alpha value is -2.34. The molecule has 3 rings (SSSR count). The Morgan fingerprint density at radius 2 is 2.14 bits per heavy atom. The van der Waals surface area contributed by atoms with E-state index in [1.165, 1.54) is 24.3 Å². The van der Waals surface area contributed by atoms with Crippen LogP contribution in [0, 0.1) is 11.6 Å². The van der Waals surface area contributed by atoms with Crippen molar-refractivity contribution in [2.24, 2.45) is 10.9 Å². The van der Waals surface area contributed by atoms with Gasteiger partial charge in [0, 0.05) is 18.1 Å². The zero-order valence-electron chi connectivity index (χ0n) is 11.2. The molecule has 0 amide bonds. The van der Waals surface area contributed by atoms with E-state index in [9.17, 15) is 8.78 Å². The minimum absolute atomic E-state index is 0.00567. The Morgan fingerprint density at radius 1 is 1.36 bits per heavy atom. The summed E-state index contributed by atoms with van der Waals surface area (Å²) in [6.07, 6.45) is -0.273. The molecule has 1 unspecified atom stereocenters. The zero-order valence-corrected chi connectivity index (χ0v) is 11.9. The van der Waals surface area contributed by atoms with Gasteiger partial charge in [-0.3, -0.25) is 0 Å². The lowest BCUT2D eigenvalue weighted by atomic mass is 10.0. The van der Waals surface area contributed by atoms with Gasteiger partial charge >= 0.3 is 0 Å². The van der Waals surface area contributed by atoms with Crippen LogP contribution >= 0.6 is 11.6 Å². The van der Waals surface area contributed by atoms with Crippen LogP contribution < -0.4 is 10.5 Å². The van der Waals surface area contributed by atoms with E-state index in [1.807, 2.05) is 0 Å². The number of nitrogens with zero attached hydrogens (tertiary/aromatic N) is 1. The van der Waals surface area contributed by atoms with Crippen LogP contribution in [-0.2, 0) is 6.42 Å². The maximum atomic E-state index is 14.5. The minimum Gasteiger partial charge on any atom is -0.485 e. The molecule has 3 N–H and O–H groups in total. The minimum atomic E-state index is -0.637. The van der Waals surface area contributed by atoms with Crippen LogP contribution in [0.4, 0.5) is 8.78 Å². The number of rotatable bonds is 2. The molecule has 22 heavy (non-hydrogen) atoms. The molecule has 1 aliphatic heterocycles. The highest BCUT2D eigenvalue weighted by atomic mass is 35.5. The second kappa shape index (κ2) is 5.46. The summed E-state index contributed by atoms with van der Waals surface area (Å²) in [5.74, 6) is -1.22. The zero-order chi connectivity index (χ0) is 15.9. The third kappa shape index (κ3) is 2.35. The Morgan fingerprint density at radius 3 is 2.86 bits per heavy atom. The van der Waals surface area contributed by atoms with Gasteiger partial charge in [-0.05, 0) is 17.7 Å². The first-order chi connectivity index (χ1) is 10.5.